The van der Waals surface area contributed by atoms with Gasteiger partial charge in [-0.3, -0.25) is 14.5 Å². The lowest BCUT2D eigenvalue weighted by Crippen LogP contribution is -2.36. The standard InChI is InChI=1S/C17H16Cl2IN3O2/c1-23(9-16(24)21-12-4-2-3-11(20)7-12)10-17(25)22-13-5-6-14(18)15(19)8-13/h2-8H,9-10H2,1H3,(H,21,24)(H,22,25). The number of anilines is 2. The lowest BCUT2D eigenvalue weighted by Gasteiger charge is -2.16. The molecule has 8 heteroatoms. The molecule has 0 aliphatic carbocycles. The Hall–Kier alpha value is -1.35. The fourth-order valence-corrected chi connectivity index (χ4v) is 2.93. The average Bonchev–Trinajstić information content (AvgIpc) is 2.50. The molecule has 0 spiro atoms. The number of halogens is 3. The summed E-state index contributed by atoms with van der Waals surface area (Å²) in [6, 6.07) is 12.3. The molecule has 132 valence electrons. The van der Waals surface area contributed by atoms with Gasteiger partial charge in [0.25, 0.3) is 0 Å². The number of carbonyl (C=O) groups is 2. The topological polar surface area (TPSA) is 61.4 Å². The highest BCUT2D eigenvalue weighted by Gasteiger charge is 2.12. The Balaban J connectivity index is 1.82. The van der Waals surface area contributed by atoms with E-state index in [-0.39, 0.29) is 24.9 Å². The summed E-state index contributed by atoms with van der Waals surface area (Å²) in [6.45, 7) is 0.167. The predicted molar refractivity (Wildman–Crippen MR) is 110 cm³/mol. The fourth-order valence-electron chi connectivity index (χ4n) is 2.09. The third-order valence-corrected chi connectivity index (χ3v) is 4.55. The first kappa shape index (κ1) is 20.0. The van der Waals surface area contributed by atoms with Gasteiger partial charge in [0, 0.05) is 14.9 Å². The molecule has 0 unspecified atom stereocenters. The van der Waals surface area contributed by atoms with E-state index in [1.54, 1.807) is 30.1 Å². The first-order valence-corrected chi connectivity index (χ1v) is 9.16. The molecule has 0 heterocycles. The molecule has 0 saturated heterocycles. The monoisotopic (exact) mass is 491 g/mol. The van der Waals surface area contributed by atoms with Gasteiger partial charge in [0.2, 0.25) is 11.8 Å². The molecule has 0 atom stereocenters. The van der Waals surface area contributed by atoms with E-state index < -0.39 is 0 Å². The SMILES string of the molecule is CN(CC(=O)Nc1cccc(I)c1)CC(=O)Nc1ccc(Cl)c(Cl)c1. The van der Waals surface area contributed by atoms with Crippen LogP contribution in [0.15, 0.2) is 42.5 Å². The van der Waals surface area contributed by atoms with Crippen molar-refractivity contribution >= 4 is 69.0 Å². The van der Waals surface area contributed by atoms with Gasteiger partial charge in [-0.25, -0.2) is 0 Å². The smallest absolute Gasteiger partial charge is 0.238 e. The molecular weight excluding hydrogens is 476 g/mol. The predicted octanol–water partition coefficient (Wildman–Crippen LogP) is 4.11. The van der Waals surface area contributed by atoms with Crippen molar-refractivity contribution in [2.45, 2.75) is 0 Å². The maximum Gasteiger partial charge on any atom is 0.238 e. The number of nitrogens with zero attached hydrogens (tertiary/aromatic N) is 1. The Bertz CT molecular complexity index is 786. The van der Waals surface area contributed by atoms with Crippen molar-refractivity contribution in [1.29, 1.82) is 0 Å². The largest absolute Gasteiger partial charge is 0.325 e. The first-order valence-electron chi connectivity index (χ1n) is 7.32. The molecule has 2 amide bonds. The van der Waals surface area contributed by atoms with Crippen LogP contribution in [0.2, 0.25) is 10.0 Å². The number of hydrogen-bond donors (Lipinski definition) is 2. The number of nitrogens with one attached hydrogen (secondary N) is 2. The van der Waals surface area contributed by atoms with E-state index in [1.165, 1.54) is 0 Å². The molecule has 0 aromatic heterocycles. The second kappa shape index (κ2) is 9.38. The number of hydrogen-bond acceptors (Lipinski definition) is 3. The van der Waals surface area contributed by atoms with Crippen molar-refractivity contribution in [1.82, 2.24) is 4.90 Å². The second-order valence-corrected chi connectivity index (χ2v) is 7.47. The van der Waals surface area contributed by atoms with E-state index in [2.05, 4.69) is 33.2 Å². The molecule has 2 aromatic rings. The third kappa shape index (κ3) is 6.81. The quantitative estimate of drug-likeness (QED) is 0.598. The van der Waals surface area contributed by atoms with Gasteiger partial charge in [-0.15, -0.1) is 0 Å². The van der Waals surface area contributed by atoms with Crippen LogP contribution in [0.3, 0.4) is 0 Å². The lowest BCUT2D eigenvalue weighted by molar-refractivity contribution is -0.119. The lowest BCUT2D eigenvalue weighted by atomic mass is 10.3. The molecule has 0 fully saturated rings. The van der Waals surface area contributed by atoms with E-state index in [0.29, 0.717) is 15.7 Å². The molecule has 2 rings (SSSR count). The van der Waals surface area contributed by atoms with Crippen LogP contribution < -0.4 is 10.6 Å². The van der Waals surface area contributed by atoms with Gasteiger partial charge in [-0.1, -0.05) is 29.3 Å². The Labute approximate surface area is 169 Å². The van der Waals surface area contributed by atoms with Crippen molar-refractivity contribution in [3.63, 3.8) is 0 Å². The zero-order chi connectivity index (χ0) is 18.4. The molecule has 2 N–H and O–H groups in total. The minimum absolute atomic E-state index is 0.0694. The van der Waals surface area contributed by atoms with Crippen molar-refractivity contribution in [3.05, 3.63) is 56.1 Å². The summed E-state index contributed by atoms with van der Waals surface area (Å²) >= 11 is 13.9. The first-order chi connectivity index (χ1) is 11.8. The van der Waals surface area contributed by atoms with Gasteiger partial charge in [0.05, 0.1) is 23.1 Å². The maximum atomic E-state index is 12.0. The Morgan fingerprint density at radius 3 is 2.12 bits per heavy atom. The number of carbonyl (C=O) groups excluding carboxylic acids is 2. The van der Waals surface area contributed by atoms with Crippen molar-refractivity contribution < 1.29 is 9.59 Å². The zero-order valence-corrected chi connectivity index (χ0v) is 17.0. The number of amides is 2. The summed E-state index contributed by atoms with van der Waals surface area (Å²) in [5.41, 5.74) is 1.28. The molecule has 0 saturated carbocycles. The Morgan fingerprint density at radius 1 is 0.960 bits per heavy atom. The molecule has 5 nitrogen and oxygen atoms in total. The highest BCUT2D eigenvalue weighted by Crippen LogP contribution is 2.24. The summed E-state index contributed by atoms with van der Waals surface area (Å²) in [5, 5.41) is 6.30. The third-order valence-electron chi connectivity index (χ3n) is 3.14. The molecular formula is C17H16Cl2IN3O2. The summed E-state index contributed by atoms with van der Waals surface area (Å²) in [4.78, 5) is 25.7. The highest BCUT2D eigenvalue weighted by atomic mass is 127. The zero-order valence-electron chi connectivity index (χ0n) is 13.4. The van der Waals surface area contributed by atoms with E-state index in [9.17, 15) is 9.59 Å². The van der Waals surface area contributed by atoms with Gasteiger partial charge in [-0.05, 0) is 66.0 Å². The van der Waals surface area contributed by atoms with Gasteiger partial charge in [0.1, 0.15) is 0 Å². The summed E-state index contributed by atoms with van der Waals surface area (Å²) in [7, 11) is 1.70. The number of rotatable bonds is 6. The number of benzene rings is 2. The molecule has 25 heavy (non-hydrogen) atoms. The number of likely N-dealkylation sites (N-methyl/N-ethyl adjacent to an activating group) is 1. The van der Waals surface area contributed by atoms with E-state index >= 15 is 0 Å². The van der Waals surface area contributed by atoms with Gasteiger partial charge < -0.3 is 10.6 Å². The van der Waals surface area contributed by atoms with Crippen LogP contribution in [0.5, 0.6) is 0 Å². The minimum Gasteiger partial charge on any atom is -0.325 e. The van der Waals surface area contributed by atoms with Crippen LogP contribution in [0, 0.1) is 3.57 Å². The average molecular weight is 492 g/mol. The van der Waals surface area contributed by atoms with E-state index in [4.69, 9.17) is 23.2 Å². The van der Waals surface area contributed by atoms with Crippen molar-refractivity contribution in [2.24, 2.45) is 0 Å². The maximum absolute atomic E-state index is 12.0. The summed E-state index contributed by atoms with van der Waals surface area (Å²) in [5.74, 6) is -0.435. The molecule has 2 aromatic carbocycles. The molecule has 0 bridgehead atoms. The van der Waals surface area contributed by atoms with Gasteiger partial charge in [-0.2, -0.15) is 0 Å². The van der Waals surface area contributed by atoms with Crippen LogP contribution in [0.25, 0.3) is 0 Å². The van der Waals surface area contributed by atoms with Crippen LogP contribution in [-0.4, -0.2) is 36.9 Å². The van der Waals surface area contributed by atoms with Gasteiger partial charge in [0.15, 0.2) is 0 Å². The minimum atomic E-state index is -0.247. The normalized spacial score (nSPS) is 10.6. The second-order valence-electron chi connectivity index (χ2n) is 5.41. The molecule has 0 radical (unpaired) electrons. The van der Waals surface area contributed by atoms with E-state index in [1.807, 2.05) is 24.3 Å². The summed E-state index contributed by atoms with van der Waals surface area (Å²) in [6.07, 6.45) is 0. The van der Waals surface area contributed by atoms with Crippen LogP contribution in [-0.2, 0) is 9.59 Å². The van der Waals surface area contributed by atoms with E-state index in [0.717, 1.165) is 9.26 Å². The van der Waals surface area contributed by atoms with Crippen LogP contribution in [0.1, 0.15) is 0 Å². The van der Waals surface area contributed by atoms with Crippen LogP contribution >= 0.6 is 45.8 Å². The van der Waals surface area contributed by atoms with Crippen LogP contribution in [0.4, 0.5) is 11.4 Å². The molecule has 0 aliphatic rings. The molecule has 0 aliphatic heterocycles. The Morgan fingerprint density at radius 2 is 1.56 bits per heavy atom. The van der Waals surface area contributed by atoms with Gasteiger partial charge >= 0.3 is 0 Å². The summed E-state index contributed by atoms with van der Waals surface area (Å²) < 4.78 is 1.03. The van der Waals surface area contributed by atoms with Crippen molar-refractivity contribution in [3.8, 4) is 0 Å². The van der Waals surface area contributed by atoms with Crippen molar-refractivity contribution in [2.75, 3.05) is 30.8 Å². The Kier molecular flexibility index (Phi) is 7.49. The highest BCUT2D eigenvalue weighted by molar-refractivity contribution is 14.1. The fraction of sp³-hybridized carbons (Fsp3) is 0.176.